The molecule has 1 atom stereocenters. The second kappa shape index (κ2) is 7.53. The van der Waals surface area contributed by atoms with Crippen LogP contribution in [-0.2, 0) is 9.59 Å². The van der Waals surface area contributed by atoms with Gasteiger partial charge in [-0.15, -0.1) is 0 Å². The largest absolute Gasteiger partial charge is 0.497 e. The molecule has 0 aliphatic heterocycles. The van der Waals surface area contributed by atoms with Gasteiger partial charge in [-0.25, -0.2) is 0 Å². The molecule has 0 bridgehead atoms. The van der Waals surface area contributed by atoms with Gasteiger partial charge in [-0.1, -0.05) is 6.07 Å². The summed E-state index contributed by atoms with van der Waals surface area (Å²) in [5.41, 5.74) is 0.440. The summed E-state index contributed by atoms with van der Waals surface area (Å²) in [4.78, 5) is 34.0. The second-order valence-corrected chi connectivity index (χ2v) is 4.93. The number of nitrogens with zero attached hydrogens (tertiary/aromatic N) is 1. The van der Waals surface area contributed by atoms with Gasteiger partial charge in [-0.05, 0) is 19.9 Å². The quantitative estimate of drug-likeness (QED) is 0.413. The van der Waals surface area contributed by atoms with Crippen LogP contribution >= 0.6 is 0 Å². The van der Waals surface area contributed by atoms with Crippen LogP contribution in [-0.4, -0.2) is 37.3 Å². The predicted molar refractivity (Wildman–Crippen MR) is 79.0 cm³/mol. The zero-order chi connectivity index (χ0) is 16.9. The van der Waals surface area contributed by atoms with Crippen molar-refractivity contribution in [3.05, 3.63) is 33.9 Å². The summed E-state index contributed by atoms with van der Waals surface area (Å²) in [6, 6.07) is 4.77. The van der Waals surface area contributed by atoms with Crippen molar-refractivity contribution in [3.8, 4) is 11.5 Å². The molecule has 1 aromatic carbocycles. The maximum Gasteiger partial charge on any atom is 0.211 e. The molecule has 0 fully saturated rings. The van der Waals surface area contributed by atoms with E-state index in [4.69, 9.17) is 9.47 Å². The molecule has 1 unspecified atom stereocenters. The molecular formula is C15H19NO6. The summed E-state index contributed by atoms with van der Waals surface area (Å²) in [6.07, 6.45) is 0. The molecule has 0 saturated heterocycles. The minimum atomic E-state index is -1.08. The number of rotatable bonds is 8. The van der Waals surface area contributed by atoms with E-state index in [1.54, 1.807) is 18.2 Å². The Kier molecular flexibility index (Phi) is 6.03. The van der Waals surface area contributed by atoms with E-state index in [1.165, 1.54) is 28.1 Å². The molecule has 0 radical (unpaired) electrons. The number of hydrogen-bond donors (Lipinski definition) is 0. The van der Waals surface area contributed by atoms with Crippen LogP contribution in [0.1, 0.15) is 25.3 Å². The van der Waals surface area contributed by atoms with Crippen molar-refractivity contribution in [3.63, 3.8) is 0 Å². The highest BCUT2D eigenvalue weighted by atomic mass is 16.6. The fourth-order valence-corrected chi connectivity index (χ4v) is 2.52. The Hall–Kier alpha value is -2.44. The lowest BCUT2D eigenvalue weighted by atomic mass is 9.81. The van der Waals surface area contributed by atoms with Gasteiger partial charge in [-0.2, -0.15) is 0 Å². The van der Waals surface area contributed by atoms with Crippen molar-refractivity contribution in [2.75, 3.05) is 20.8 Å². The molecule has 1 rings (SSSR count). The van der Waals surface area contributed by atoms with Crippen molar-refractivity contribution >= 4 is 11.6 Å². The van der Waals surface area contributed by atoms with Crippen LogP contribution in [0.3, 0.4) is 0 Å². The minimum Gasteiger partial charge on any atom is -0.497 e. The molecule has 0 saturated carbocycles. The van der Waals surface area contributed by atoms with Crippen LogP contribution in [0.2, 0.25) is 0 Å². The summed E-state index contributed by atoms with van der Waals surface area (Å²) in [6.45, 7) is 1.98. The van der Waals surface area contributed by atoms with E-state index in [0.717, 1.165) is 0 Å². The second-order valence-electron chi connectivity index (χ2n) is 4.93. The molecule has 1 aromatic rings. The fraction of sp³-hybridized carbons (Fsp3) is 0.467. The first-order valence-electron chi connectivity index (χ1n) is 6.66. The van der Waals surface area contributed by atoms with Gasteiger partial charge in [-0.3, -0.25) is 19.7 Å². The van der Waals surface area contributed by atoms with Gasteiger partial charge in [0, 0.05) is 16.6 Å². The van der Waals surface area contributed by atoms with E-state index >= 15 is 0 Å². The maximum atomic E-state index is 11.8. The Balaban J connectivity index is 3.41. The van der Waals surface area contributed by atoms with E-state index in [9.17, 15) is 19.7 Å². The van der Waals surface area contributed by atoms with Crippen LogP contribution in [0.15, 0.2) is 18.2 Å². The third-order valence-corrected chi connectivity index (χ3v) is 3.46. The first kappa shape index (κ1) is 17.6. The molecular weight excluding hydrogens is 290 g/mol. The Labute approximate surface area is 128 Å². The van der Waals surface area contributed by atoms with Gasteiger partial charge in [0.15, 0.2) is 0 Å². The number of carbonyl (C=O) groups is 2. The number of hydrogen-bond acceptors (Lipinski definition) is 6. The van der Waals surface area contributed by atoms with Crippen LogP contribution < -0.4 is 9.47 Å². The topological polar surface area (TPSA) is 95.7 Å². The molecule has 120 valence electrons. The Morgan fingerprint density at radius 2 is 1.77 bits per heavy atom. The Morgan fingerprint density at radius 3 is 2.18 bits per heavy atom. The standard InChI is InChI=1S/C15H19NO6/c1-9(17)15(10(2)18)13(8-16(19)20)12-6-5-11(21-3)7-14(12)22-4/h5-7,13,15H,8H2,1-4H3. The summed E-state index contributed by atoms with van der Waals surface area (Å²) in [5, 5.41) is 11.0. The number of ketones is 2. The summed E-state index contributed by atoms with van der Waals surface area (Å²) >= 11 is 0. The third-order valence-electron chi connectivity index (χ3n) is 3.46. The van der Waals surface area contributed by atoms with Gasteiger partial charge < -0.3 is 9.47 Å². The van der Waals surface area contributed by atoms with Crippen molar-refractivity contribution in [2.24, 2.45) is 5.92 Å². The van der Waals surface area contributed by atoms with Gasteiger partial charge in [0.05, 0.1) is 26.1 Å². The smallest absolute Gasteiger partial charge is 0.211 e. The minimum absolute atomic E-state index is 0.346. The normalized spacial score (nSPS) is 11.9. The first-order valence-corrected chi connectivity index (χ1v) is 6.66. The number of nitro groups is 1. The third kappa shape index (κ3) is 4.03. The lowest BCUT2D eigenvalue weighted by Gasteiger charge is -2.22. The van der Waals surface area contributed by atoms with E-state index in [-0.39, 0.29) is 0 Å². The molecule has 0 aliphatic rings. The molecule has 0 spiro atoms. The van der Waals surface area contributed by atoms with Crippen molar-refractivity contribution in [1.82, 2.24) is 0 Å². The van der Waals surface area contributed by atoms with Crippen LogP contribution in [0.25, 0.3) is 0 Å². The van der Waals surface area contributed by atoms with Gasteiger partial charge in [0.2, 0.25) is 6.54 Å². The molecule has 0 heterocycles. The van der Waals surface area contributed by atoms with Crippen molar-refractivity contribution in [1.29, 1.82) is 0 Å². The SMILES string of the molecule is COc1ccc(C(C[N+](=O)[O-])C(C(C)=O)C(C)=O)c(OC)c1. The highest BCUT2D eigenvalue weighted by Crippen LogP contribution is 2.35. The molecule has 7 heteroatoms. The zero-order valence-electron chi connectivity index (χ0n) is 13.0. The number of ether oxygens (including phenoxy) is 2. The summed E-state index contributed by atoms with van der Waals surface area (Å²) in [5.74, 6) is -1.91. The molecule has 0 aromatic heterocycles. The Morgan fingerprint density at radius 1 is 1.18 bits per heavy atom. The molecule has 0 amide bonds. The maximum absolute atomic E-state index is 11.8. The number of carbonyl (C=O) groups excluding carboxylic acids is 2. The van der Waals surface area contributed by atoms with E-state index < -0.39 is 34.9 Å². The summed E-state index contributed by atoms with van der Waals surface area (Å²) < 4.78 is 10.3. The van der Waals surface area contributed by atoms with Crippen molar-refractivity contribution in [2.45, 2.75) is 19.8 Å². The predicted octanol–water partition coefficient (Wildman–Crippen LogP) is 1.86. The molecule has 7 nitrogen and oxygen atoms in total. The monoisotopic (exact) mass is 309 g/mol. The number of benzene rings is 1. The van der Waals surface area contributed by atoms with Crippen molar-refractivity contribution < 1.29 is 24.0 Å². The number of methoxy groups -OCH3 is 2. The first-order chi connectivity index (χ1) is 10.3. The highest BCUT2D eigenvalue weighted by Gasteiger charge is 2.36. The average molecular weight is 309 g/mol. The van der Waals surface area contributed by atoms with Crippen LogP contribution in [0, 0.1) is 16.0 Å². The van der Waals surface area contributed by atoms with Crippen LogP contribution in [0.5, 0.6) is 11.5 Å². The van der Waals surface area contributed by atoms with Gasteiger partial charge >= 0.3 is 0 Å². The highest BCUT2D eigenvalue weighted by molar-refractivity contribution is 6.01. The fourth-order valence-electron chi connectivity index (χ4n) is 2.52. The van der Waals surface area contributed by atoms with E-state index in [0.29, 0.717) is 17.1 Å². The lowest BCUT2D eigenvalue weighted by Crippen LogP contribution is -2.31. The average Bonchev–Trinajstić information content (AvgIpc) is 2.44. The van der Waals surface area contributed by atoms with E-state index in [1.807, 2.05) is 0 Å². The summed E-state index contributed by atoms with van der Waals surface area (Å²) in [7, 11) is 2.90. The van der Waals surface area contributed by atoms with Crippen LogP contribution in [0.4, 0.5) is 0 Å². The molecule has 0 N–H and O–H groups in total. The van der Waals surface area contributed by atoms with Gasteiger partial charge in [0.1, 0.15) is 23.1 Å². The zero-order valence-corrected chi connectivity index (χ0v) is 13.0. The molecule has 0 aliphatic carbocycles. The Bertz CT molecular complexity index is 569. The van der Waals surface area contributed by atoms with Gasteiger partial charge in [0.25, 0.3) is 0 Å². The van der Waals surface area contributed by atoms with E-state index in [2.05, 4.69) is 0 Å². The lowest BCUT2D eigenvalue weighted by molar-refractivity contribution is -0.484. The number of Topliss-reactive ketones (excluding diaryl/α,β-unsaturated/α-hetero) is 2. The molecule has 22 heavy (non-hydrogen) atoms.